The number of ether oxygens (including phenoxy) is 1. The Balaban J connectivity index is 1.78. The zero-order valence-electron chi connectivity index (χ0n) is 10.6. The summed E-state index contributed by atoms with van der Waals surface area (Å²) in [6.07, 6.45) is 3.57. The minimum absolute atomic E-state index is 0.239. The van der Waals surface area contributed by atoms with Crippen LogP contribution < -0.4 is 5.32 Å². The number of hydrogen-bond donors (Lipinski definition) is 1. The van der Waals surface area contributed by atoms with Gasteiger partial charge in [0.05, 0.1) is 0 Å². The van der Waals surface area contributed by atoms with Crippen molar-refractivity contribution in [2.75, 3.05) is 20.3 Å². The number of methoxy groups -OCH3 is 1. The number of benzene rings is 1. The van der Waals surface area contributed by atoms with Gasteiger partial charge >= 0.3 is 0 Å². The molecule has 0 unspecified atom stereocenters. The second kappa shape index (κ2) is 6.00. The first-order valence-corrected chi connectivity index (χ1v) is 6.67. The van der Waals surface area contributed by atoms with Gasteiger partial charge in [0.25, 0.3) is 0 Å². The molecule has 0 atom stereocenters. The molecule has 0 amide bonds. The van der Waals surface area contributed by atoms with E-state index in [9.17, 15) is 4.39 Å². The fourth-order valence-electron chi connectivity index (χ4n) is 2.14. The average Bonchev–Trinajstić information content (AvgIpc) is 3.10. The van der Waals surface area contributed by atoms with E-state index in [1.54, 1.807) is 19.2 Å². The molecule has 2 nitrogen and oxygen atoms in total. The minimum Gasteiger partial charge on any atom is -0.385 e. The Hall–Kier alpha value is -0.640. The molecule has 0 radical (unpaired) electrons. The predicted molar refractivity (Wildman–Crippen MR) is 71.3 cm³/mol. The van der Waals surface area contributed by atoms with Crippen molar-refractivity contribution in [3.05, 3.63) is 34.6 Å². The lowest BCUT2D eigenvalue weighted by Gasteiger charge is -2.15. The molecule has 1 saturated carbocycles. The SMILES string of the molecule is COCCC1(CNCc2ccc(Cl)cc2F)CC1. The van der Waals surface area contributed by atoms with Gasteiger partial charge in [0.15, 0.2) is 0 Å². The molecule has 1 aromatic rings. The molecule has 4 heteroatoms. The molecule has 0 bridgehead atoms. The standard InChI is InChI=1S/C14H19ClFNO/c1-18-7-6-14(4-5-14)10-17-9-11-2-3-12(15)8-13(11)16/h2-3,8,17H,4-7,9-10H2,1H3. The Morgan fingerprint density at radius 1 is 1.44 bits per heavy atom. The summed E-state index contributed by atoms with van der Waals surface area (Å²) in [6, 6.07) is 4.81. The zero-order valence-corrected chi connectivity index (χ0v) is 11.4. The van der Waals surface area contributed by atoms with E-state index in [2.05, 4.69) is 5.32 Å². The highest BCUT2D eigenvalue weighted by molar-refractivity contribution is 6.30. The third kappa shape index (κ3) is 3.67. The van der Waals surface area contributed by atoms with E-state index in [-0.39, 0.29) is 5.82 Å². The van der Waals surface area contributed by atoms with Gasteiger partial charge in [0, 0.05) is 37.4 Å². The Bertz CT molecular complexity index is 407. The molecular weight excluding hydrogens is 253 g/mol. The fourth-order valence-corrected chi connectivity index (χ4v) is 2.30. The van der Waals surface area contributed by atoms with Crippen molar-refractivity contribution in [2.24, 2.45) is 5.41 Å². The number of hydrogen-bond acceptors (Lipinski definition) is 2. The third-order valence-electron chi connectivity index (χ3n) is 3.62. The lowest BCUT2D eigenvalue weighted by Crippen LogP contribution is -2.25. The van der Waals surface area contributed by atoms with Gasteiger partial charge in [-0.1, -0.05) is 17.7 Å². The Labute approximate surface area is 112 Å². The van der Waals surface area contributed by atoms with Gasteiger partial charge in [-0.3, -0.25) is 0 Å². The first-order chi connectivity index (χ1) is 8.65. The number of nitrogens with one attached hydrogen (secondary N) is 1. The van der Waals surface area contributed by atoms with Gasteiger partial charge in [-0.15, -0.1) is 0 Å². The van der Waals surface area contributed by atoms with Crippen molar-refractivity contribution in [1.29, 1.82) is 0 Å². The maximum Gasteiger partial charge on any atom is 0.129 e. The summed E-state index contributed by atoms with van der Waals surface area (Å²) >= 11 is 5.72. The third-order valence-corrected chi connectivity index (χ3v) is 3.86. The molecule has 0 spiro atoms. The van der Waals surface area contributed by atoms with Crippen LogP contribution in [0, 0.1) is 11.2 Å². The maximum atomic E-state index is 13.5. The fraction of sp³-hybridized carbons (Fsp3) is 0.571. The number of halogens is 2. The van der Waals surface area contributed by atoms with Crippen LogP contribution in [0.15, 0.2) is 18.2 Å². The maximum absolute atomic E-state index is 13.5. The van der Waals surface area contributed by atoms with Gasteiger partial charge in [-0.2, -0.15) is 0 Å². The summed E-state index contributed by atoms with van der Waals surface area (Å²) in [5.74, 6) is -0.239. The van der Waals surface area contributed by atoms with Gasteiger partial charge in [0.2, 0.25) is 0 Å². The largest absolute Gasteiger partial charge is 0.385 e. The van der Waals surface area contributed by atoms with Gasteiger partial charge < -0.3 is 10.1 Å². The van der Waals surface area contributed by atoms with Crippen molar-refractivity contribution in [1.82, 2.24) is 5.32 Å². The zero-order chi connectivity index (χ0) is 13.0. The molecule has 0 heterocycles. The Kier molecular flexibility index (Phi) is 4.60. The summed E-state index contributed by atoms with van der Waals surface area (Å²) < 4.78 is 18.7. The van der Waals surface area contributed by atoms with Crippen LogP contribution in [0.4, 0.5) is 4.39 Å². The van der Waals surface area contributed by atoms with Crippen molar-refractivity contribution < 1.29 is 9.13 Å². The van der Waals surface area contributed by atoms with Crippen LogP contribution >= 0.6 is 11.6 Å². The van der Waals surface area contributed by atoms with Crippen molar-refractivity contribution >= 4 is 11.6 Å². The van der Waals surface area contributed by atoms with Crippen molar-refractivity contribution in [2.45, 2.75) is 25.8 Å². The summed E-state index contributed by atoms with van der Waals surface area (Å²) in [5.41, 5.74) is 1.06. The van der Waals surface area contributed by atoms with Crippen molar-refractivity contribution in [3.8, 4) is 0 Å². The minimum atomic E-state index is -0.239. The van der Waals surface area contributed by atoms with E-state index < -0.39 is 0 Å². The number of rotatable bonds is 7. The molecule has 0 aliphatic heterocycles. The molecule has 1 fully saturated rings. The summed E-state index contributed by atoms with van der Waals surface area (Å²) in [5, 5.41) is 3.77. The summed E-state index contributed by atoms with van der Waals surface area (Å²) in [7, 11) is 1.73. The van der Waals surface area contributed by atoms with Crippen LogP contribution in [-0.2, 0) is 11.3 Å². The molecule has 0 saturated heterocycles. The van der Waals surface area contributed by atoms with Crippen LogP contribution in [0.5, 0.6) is 0 Å². The highest BCUT2D eigenvalue weighted by Crippen LogP contribution is 2.48. The second-order valence-corrected chi connectivity index (χ2v) is 5.52. The van der Waals surface area contributed by atoms with Crippen LogP contribution in [0.1, 0.15) is 24.8 Å². The predicted octanol–water partition coefficient (Wildman–Crippen LogP) is 3.39. The summed E-state index contributed by atoms with van der Waals surface area (Å²) in [4.78, 5) is 0. The topological polar surface area (TPSA) is 21.3 Å². The monoisotopic (exact) mass is 271 g/mol. The first-order valence-electron chi connectivity index (χ1n) is 6.29. The quantitative estimate of drug-likeness (QED) is 0.821. The molecule has 1 aliphatic carbocycles. The van der Waals surface area contributed by atoms with Gasteiger partial charge in [-0.05, 0) is 36.8 Å². The Morgan fingerprint density at radius 3 is 2.83 bits per heavy atom. The van der Waals surface area contributed by atoms with Crippen LogP contribution in [0.2, 0.25) is 5.02 Å². The summed E-state index contributed by atoms with van der Waals surface area (Å²) in [6.45, 7) is 2.28. The second-order valence-electron chi connectivity index (χ2n) is 5.08. The molecule has 1 aromatic carbocycles. The van der Waals surface area contributed by atoms with Gasteiger partial charge in [0.1, 0.15) is 5.82 Å². The van der Waals surface area contributed by atoms with Crippen LogP contribution in [0.25, 0.3) is 0 Å². The van der Waals surface area contributed by atoms with E-state index in [1.807, 2.05) is 0 Å². The lowest BCUT2D eigenvalue weighted by molar-refractivity contribution is 0.171. The average molecular weight is 272 g/mol. The molecule has 0 aromatic heterocycles. The molecule has 1 aliphatic rings. The molecule has 18 heavy (non-hydrogen) atoms. The van der Waals surface area contributed by atoms with E-state index in [1.165, 1.54) is 18.9 Å². The first kappa shape index (κ1) is 13.8. The van der Waals surface area contributed by atoms with E-state index >= 15 is 0 Å². The normalized spacial score (nSPS) is 16.8. The Morgan fingerprint density at radius 2 is 2.22 bits per heavy atom. The molecule has 1 N–H and O–H groups in total. The highest BCUT2D eigenvalue weighted by Gasteiger charge is 2.41. The molecule has 2 rings (SSSR count). The van der Waals surface area contributed by atoms with Crippen molar-refractivity contribution in [3.63, 3.8) is 0 Å². The molecular formula is C14H19ClFNO. The van der Waals surface area contributed by atoms with E-state index in [0.29, 0.717) is 22.5 Å². The van der Waals surface area contributed by atoms with Crippen LogP contribution in [-0.4, -0.2) is 20.3 Å². The lowest BCUT2D eigenvalue weighted by atomic mass is 10.0. The smallest absolute Gasteiger partial charge is 0.129 e. The highest BCUT2D eigenvalue weighted by atomic mass is 35.5. The van der Waals surface area contributed by atoms with E-state index in [0.717, 1.165) is 19.6 Å². The molecule has 100 valence electrons. The van der Waals surface area contributed by atoms with Gasteiger partial charge in [-0.25, -0.2) is 4.39 Å². The van der Waals surface area contributed by atoms with E-state index in [4.69, 9.17) is 16.3 Å². The van der Waals surface area contributed by atoms with Crippen LogP contribution in [0.3, 0.4) is 0 Å².